The van der Waals surface area contributed by atoms with Crippen molar-refractivity contribution in [2.75, 3.05) is 5.32 Å². The number of carbonyl (C=O) groups excluding carboxylic acids is 1. The summed E-state index contributed by atoms with van der Waals surface area (Å²) in [5.74, 6) is -0.297. The first-order valence-corrected chi connectivity index (χ1v) is 8.45. The molecule has 1 aromatic heterocycles. The molecule has 0 atom stereocenters. The summed E-state index contributed by atoms with van der Waals surface area (Å²) in [6, 6.07) is 12.3. The lowest BCUT2D eigenvalue weighted by molar-refractivity contribution is 0.102. The van der Waals surface area contributed by atoms with E-state index >= 15 is 0 Å². The maximum Gasteiger partial charge on any atom is 0.257 e. The predicted octanol–water partition coefficient (Wildman–Crippen LogP) is 5.68. The summed E-state index contributed by atoms with van der Waals surface area (Å²) in [5, 5.41) is 6.67. The van der Waals surface area contributed by atoms with E-state index in [2.05, 4.69) is 10.3 Å². The van der Waals surface area contributed by atoms with Crippen LogP contribution in [0.2, 0.25) is 10.0 Å². The van der Waals surface area contributed by atoms with Gasteiger partial charge in [-0.1, -0.05) is 35.3 Å². The second kappa shape index (κ2) is 6.71. The number of aromatic nitrogens is 1. The second-order valence-corrected chi connectivity index (χ2v) is 6.81. The Morgan fingerprint density at radius 2 is 1.87 bits per heavy atom. The number of amides is 1. The van der Waals surface area contributed by atoms with Gasteiger partial charge in [-0.15, -0.1) is 11.3 Å². The normalized spacial score (nSPS) is 10.6. The Morgan fingerprint density at radius 3 is 2.52 bits per heavy atom. The molecular weight excluding hydrogens is 351 g/mol. The highest BCUT2D eigenvalue weighted by Crippen LogP contribution is 2.25. The predicted molar refractivity (Wildman–Crippen MR) is 96.7 cm³/mol. The number of benzene rings is 2. The van der Waals surface area contributed by atoms with Crippen LogP contribution in [0.15, 0.2) is 47.8 Å². The minimum Gasteiger partial charge on any atom is -0.322 e. The molecule has 6 heteroatoms. The Kier molecular flexibility index (Phi) is 4.66. The first-order chi connectivity index (χ1) is 11.0. The minimum absolute atomic E-state index is 0.297. The summed E-state index contributed by atoms with van der Waals surface area (Å²) in [6.45, 7) is 1.97. The lowest BCUT2D eigenvalue weighted by Gasteiger charge is -2.08. The molecule has 3 rings (SSSR count). The Hall–Kier alpha value is -1.88. The van der Waals surface area contributed by atoms with E-state index in [4.69, 9.17) is 23.2 Å². The third kappa shape index (κ3) is 3.72. The molecule has 1 heterocycles. The van der Waals surface area contributed by atoms with Crippen LogP contribution >= 0.6 is 34.5 Å². The van der Waals surface area contributed by atoms with Crippen molar-refractivity contribution in [1.82, 2.24) is 4.98 Å². The van der Waals surface area contributed by atoms with Gasteiger partial charge in [-0.25, -0.2) is 4.98 Å². The number of anilines is 1. The summed E-state index contributed by atoms with van der Waals surface area (Å²) >= 11 is 13.6. The van der Waals surface area contributed by atoms with Crippen LogP contribution in [-0.4, -0.2) is 10.9 Å². The molecule has 0 fully saturated rings. The lowest BCUT2D eigenvalue weighted by Crippen LogP contribution is -2.12. The van der Waals surface area contributed by atoms with Crippen molar-refractivity contribution >= 4 is 46.1 Å². The Balaban J connectivity index is 1.78. The zero-order valence-corrected chi connectivity index (χ0v) is 14.5. The van der Waals surface area contributed by atoms with Crippen LogP contribution in [0, 0.1) is 6.92 Å². The van der Waals surface area contributed by atoms with Crippen LogP contribution in [0.5, 0.6) is 0 Å². The molecule has 0 aliphatic carbocycles. The Morgan fingerprint density at radius 1 is 1.13 bits per heavy atom. The summed E-state index contributed by atoms with van der Waals surface area (Å²) in [6.07, 6.45) is 0. The molecule has 0 aliphatic heterocycles. The maximum atomic E-state index is 12.3. The van der Waals surface area contributed by atoms with Gasteiger partial charge in [0.15, 0.2) is 0 Å². The Labute approximate surface area is 147 Å². The van der Waals surface area contributed by atoms with Crippen molar-refractivity contribution < 1.29 is 4.79 Å². The average Bonchev–Trinajstić information content (AvgIpc) is 2.97. The molecule has 2 aromatic carbocycles. The number of hydrogen-bond donors (Lipinski definition) is 1. The number of halogens is 2. The van der Waals surface area contributed by atoms with Gasteiger partial charge in [-0.3, -0.25) is 4.79 Å². The van der Waals surface area contributed by atoms with Crippen LogP contribution < -0.4 is 5.32 Å². The van der Waals surface area contributed by atoms with Gasteiger partial charge < -0.3 is 5.32 Å². The van der Waals surface area contributed by atoms with Gasteiger partial charge in [0.1, 0.15) is 0 Å². The zero-order valence-electron chi connectivity index (χ0n) is 12.1. The fourth-order valence-electron chi connectivity index (χ4n) is 2.09. The fraction of sp³-hybridized carbons (Fsp3) is 0.0588. The lowest BCUT2D eigenvalue weighted by atomic mass is 10.1. The fourth-order valence-corrected chi connectivity index (χ4v) is 3.09. The van der Waals surface area contributed by atoms with Crippen LogP contribution in [0.25, 0.3) is 11.3 Å². The molecule has 0 saturated heterocycles. The van der Waals surface area contributed by atoms with Gasteiger partial charge in [0.05, 0.1) is 21.3 Å². The standard InChI is InChI=1S/C17H12Cl2N2OS/c1-10-20-16(9-23-10)11-2-5-13(6-3-11)21-17(22)14-8-12(18)4-7-15(14)19/h2-9H,1H3,(H,21,22). The van der Waals surface area contributed by atoms with E-state index in [0.717, 1.165) is 16.3 Å². The first-order valence-electron chi connectivity index (χ1n) is 6.82. The molecular formula is C17H12Cl2N2OS. The van der Waals surface area contributed by atoms with Crippen LogP contribution in [0.1, 0.15) is 15.4 Å². The molecule has 23 heavy (non-hydrogen) atoms. The van der Waals surface area contributed by atoms with Gasteiger partial charge in [0, 0.05) is 21.7 Å². The third-order valence-corrected chi connectivity index (χ3v) is 4.57. The second-order valence-electron chi connectivity index (χ2n) is 4.91. The van der Waals surface area contributed by atoms with E-state index in [1.54, 1.807) is 29.5 Å². The van der Waals surface area contributed by atoms with Gasteiger partial charge in [-0.2, -0.15) is 0 Å². The highest BCUT2D eigenvalue weighted by Gasteiger charge is 2.11. The number of hydrogen-bond acceptors (Lipinski definition) is 3. The van der Waals surface area contributed by atoms with E-state index in [1.165, 1.54) is 0 Å². The van der Waals surface area contributed by atoms with Gasteiger partial charge in [0.25, 0.3) is 5.91 Å². The average molecular weight is 363 g/mol. The van der Waals surface area contributed by atoms with Crippen molar-refractivity contribution in [2.45, 2.75) is 6.92 Å². The Bertz CT molecular complexity index is 859. The van der Waals surface area contributed by atoms with Crippen molar-refractivity contribution in [3.63, 3.8) is 0 Å². The third-order valence-electron chi connectivity index (χ3n) is 3.23. The summed E-state index contributed by atoms with van der Waals surface area (Å²) in [4.78, 5) is 16.7. The molecule has 0 saturated carbocycles. The first kappa shape index (κ1) is 16.0. The molecule has 0 radical (unpaired) electrons. The van der Waals surface area contributed by atoms with E-state index in [-0.39, 0.29) is 5.91 Å². The van der Waals surface area contributed by atoms with E-state index in [1.807, 2.05) is 36.6 Å². The minimum atomic E-state index is -0.297. The number of thiazole rings is 1. The largest absolute Gasteiger partial charge is 0.322 e. The highest BCUT2D eigenvalue weighted by molar-refractivity contribution is 7.09. The SMILES string of the molecule is Cc1nc(-c2ccc(NC(=O)c3cc(Cl)ccc3Cl)cc2)cs1. The molecule has 3 aromatic rings. The van der Waals surface area contributed by atoms with Gasteiger partial charge in [-0.05, 0) is 37.3 Å². The quantitative estimate of drug-likeness (QED) is 0.651. The van der Waals surface area contributed by atoms with E-state index in [9.17, 15) is 4.79 Å². The highest BCUT2D eigenvalue weighted by atomic mass is 35.5. The molecule has 1 amide bonds. The summed E-state index contributed by atoms with van der Waals surface area (Å²) in [7, 11) is 0. The number of nitrogens with zero attached hydrogens (tertiary/aromatic N) is 1. The topological polar surface area (TPSA) is 42.0 Å². The smallest absolute Gasteiger partial charge is 0.257 e. The molecule has 0 aliphatic rings. The summed E-state index contributed by atoms with van der Waals surface area (Å²) < 4.78 is 0. The van der Waals surface area contributed by atoms with Crippen LogP contribution in [0.4, 0.5) is 5.69 Å². The summed E-state index contributed by atoms with van der Waals surface area (Å²) in [5.41, 5.74) is 2.97. The molecule has 3 nitrogen and oxygen atoms in total. The van der Waals surface area contributed by atoms with Crippen molar-refractivity contribution in [1.29, 1.82) is 0 Å². The zero-order chi connectivity index (χ0) is 16.4. The number of carbonyl (C=O) groups is 1. The molecule has 116 valence electrons. The molecule has 0 spiro atoms. The maximum absolute atomic E-state index is 12.3. The molecule has 0 bridgehead atoms. The van der Waals surface area contributed by atoms with Crippen LogP contribution in [0.3, 0.4) is 0 Å². The van der Waals surface area contributed by atoms with E-state index in [0.29, 0.717) is 21.3 Å². The number of nitrogens with one attached hydrogen (secondary N) is 1. The van der Waals surface area contributed by atoms with Gasteiger partial charge >= 0.3 is 0 Å². The van der Waals surface area contributed by atoms with E-state index < -0.39 is 0 Å². The number of rotatable bonds is 3. The molecule has 1 N–H and O–H groups in total. The van der Waals surface area contributed by atoms with Crippen molar-refractivity contribution in [3.8, 4) is 11.3 Å². The van der Waals surface area contributed by atoms with Crippen molar-refractivity contribution in [2.24, 2.45) is 0 Å². The molecule has 0 unspecified atom stereocenters. The monoisotopic (exact) mass is 362 g/mol. The van der Waals surface area contributed by atoms with Gasteiger partial charge in [0.2, 0.25) is 0 Å². The van der Waals surface area contributed by atoms with Crippen LogP contribution in [-0.2, 0) is 0 Å². The van der Waals surface area contributed by atoms with Crippen molar-refractivity contribution in [3.05, 3.63) is 68.5 Å². The number of aryl methyl sites for hydroxylation is 1.